The first-order chi connectivity index (χ1) is 5.91. The molecule has 2 heteroatoms. The Hall–Kier alpha value is -0.790. The number of rotatable bonds is 1. The highest BCUT2D eigenvalue weighted by Gasteiger charge is 2.26. The Morgan fingerprint density at radius 1 is 1.62 bits per heavy atom. The first kappa shape index (κ1) is 10.3. The number of carbonyl (C=O) groups excluding carboxylic acids is 1. The standard InChI is InChI=1S/C11H18O2/c1-8-7-11(3,4)6-5-10(8)13-9(2)12/h7,10H,5-6H2,1-4H3. The van der Waals surface area contributed by atoms with Crippen molar-refractivity contribution in [1.29, 1.82) is 0 Å². The summed E-state index contributed by atoms with van der Waals surface area (Å²) in [5.74, 6) is -0.183. The molecule has 1 atom stereocenters. The molecule has 0 spiro atoms. The molecule has 0 radical (unpaired) electrons. The van der Waals surface area contributed by atoms with Crippen LogP contribution in [0.15, 0.2) is 11.6 Å². The van der Waals surface area contributed by atoms with Crippen LogP contribution in [0.4, 0.5) is 0 Å². The van der Waals surface area contributed by atoms with Crippen molar-refractivity contribution in [1.82, 2.24) is 0 Å². The van der Waals surface area contributed by atoms with Gasteiger partial charge < -0.3 is 4.74 Å². The predicted octanol–water partition coefficient (Wildman–Crippen LogP) is 2.68. The van der Waals surface area contributed by atoms with Gasteiger partial charge in [-0.3, -0.25) is 4.79 Å². The van der Waals surface area contributed by atoms with Crippen LogP contribution in [-0.4, -0.2) is 12.1 Å². The number of allylic oxidation sites excluding steroid dienone is 1. The number of hydrogen-bond donors (Lipinski definition) is 0. The summed E-state index contributed by atoms with van der Waals surface area (Å²) in [6, 6.07) is 0. The molecule has 0 aromatic carbocycles. The normalized spacial score (nSPS) is 26.5. The fraction of sp³-hybridized carbons (Fsp3) is 0.727. The summed E-state index contributed by atoms with van der Waals surface area (Å²) in [4.78, 5) is 10.8. The molecule has 0 bridgehead atoms. The maximum absolute atomic E-state index is 10.8. The van der Waals surface area contributed by atoms with Crippen LogP contribution in [0, 0.1) is 5.41 Å². The Kier molecular flexibility index (Phi) is 2.79. The third-order valence-electron chi connectivity index (χ3n) is 2.49. The lowest BCUT2D eigenvalue weighted by atomic mass is 9.79. The lowest BCUT2D eigenvalue weighted by Crippen LogP contribution is -2.26. The second-order valence-electron chi connectivity index (χ2n) is 4.51. The number of hydrogen-bond acceptors (Lipinski definition) is 2. The zero-order chi connectivity index (χ0) is 10.1. The van der Waals surface area contributed by atoms with Crippen molar-refractivity contribution < 1.29 is 9.53 Å². The summed E-state index contributed by atoms with van der Waals surface area (Å²) < 4.78 is 5.19. The van der Waals surface area contributed by atoms with Crippen LogP contribution < -0.4 is 0 Å². The molecule has 1 unspecified atom stereocenters. The zero-order valence-corrected chi connectivity index (χ0v) is 8.89. The summed E-state index contributed by atoms with van der Waals surface area (Å²) in [6.07, 6.45) is 4.27. The summed E-state index contributed by atoms with van der Waals surface area (Å²) >= 11 is 0. The van der Waals surface area contributed by atoms with Gasteiger partial charge in [0.15, 0.2) is 0 Å². The van der Waals surface area contributed by atoms with Gasteiger partial charge >= 0.3 is 5.97 Å². The average Bonchev–Trinajstić information content (AvgIpc) is 1.93. The third kappa shape index (κ3) is 2.87. The molecule has 0 aliphatic heterocycles. The highest BCUT2D eigenvalue weighted by atomic mass is 16.5. The van der Waals surface area contributed by atoms with E-state index in [0.29, 0.717) is 0 Å². The van der Waals surface area contributed by atoms with Gasteiger partial charge in [0.25, 0.3) is 0 Å². The van der Waals surface area contributed by atoms with Crippen LogP contribution in [0.5, 0.6) is 0 Å². The molecule has 0 aromatic rings. The van der Waals surface area contributed by atoms with E-state index < -0.39 is 0 Å². The molecular weight excluding hydrogens is 164 g/mol. The van der Waals surface area contributed by atoms with E-state index in [1.54, 1.807) is 0 Å². The molecule has 1 rings (SSSR count). The lowest BCUT2D eigenvalue weighted by Gasteiger charge is -2.31. The van der Waals surface area contributed by atoms with Crippen LogP contribution in [-0.2, 0) is 9.53 Å². The maximum Gasteiger partial charge on any atom is 0.303 e. The smallest absolute Gasteiger partial charge is 0.303 e. The molecule has 0 N–H and O–H groups in total. The van der Waals surface area contributed by atoms with Gasteiger partial charge in [-0.2, -0.15) is 0 Å². The Morgan fingerprint density at radius 2 is 2.23 bits per heavy atom. The first-order valence-corrected chi connectivity index (χ1v) is 4.77. The van der Waals surface area contributed by atoms with Gasteiger partial charge in [-0.1, -0.05) is 19.9 Å². The van der Waals surface area contributed by atoms with Gasteiger partial charge in [-0.15, -0.1) is 0 Å². The Morgan fingerprint density at radius 3 is 2.69 bits per heavy atom. The minimum Gasteiger partial charge on any atom is -0.458 e. The summed E-state index contributed by atoms with van der Waals surface area (Å²) in [5, 5.41) is 0. The van der Waals surface area contributed by atoms with Gasteiger partial charge in [-0.25, -0.2) is 0 Å². The van der Waals surface area contributed by atoms with Crippen molar-refractivity contribution in [2.45, 2.75) is 46.6 Å². The predicted molar refractivity (Wildman–Crippen MR) is 52.3 cm³/mol. The molecule has 74 valence electrons. The van der Waals surface area contributed by atoms with Crippen LogP contribution in [0.25, 0.3) is 0 Å². The van der Waals surface area contributed by atoms with E-state index in [4.69, 9.17) is 4.74 Å². The Labute approximate surface area is 80.0 Å². The Balaban J connectivity index is 2.68. The van der Waals surface area contributed by atoms with Crippen molar-refractivity contribution >= 4 is 5.97 Å². The fourth-order valence-corrected chi connectivity index (χ4v) is 1.86. The van der Waals surface area contributed by atoms with E-state index in [9.17, 15) is 4.79 Å². The van der Waals surface area contributed by atoms with Crippen molar-refractivity contribution in [3.05, 3.63) is 11.6 Å². The van der Waals surface area contributed by atoms with E-state index in [2.05, 4.69) is 19.9 Å². The van der Waals surface area contributed by atoms with Crippen molar-refractivity contribution in [3.8, 4) is 0 Å². The molecule has 0 saturated heterocycles. The van der Waals surface area contributed by atoms with Gasteiger partial charge in [0.05, 0.1) is 0 Å². The monoisotopic (exact) mass is 182 g/mol. The quantitative estimate of drug-likeness (QED) is 0.460. The molecule has 0 saturated carbocycles. The average molecular weight is 182 g/mol. The zero-order valence-electron chi connectivity index (χ0n) is 8.89. The number of esters is 1. The topological polar surface area (TPSA) is 26.3 Å². The summed E-state index contributed by atoms with van der Waals surface area (Å²) in [5.41, 5.74) is 1.45. The molecule has 0 fully saturated rings. The van der Waals surface area contributed by atoms with E-state index in [-0.39, 0.29) is 17.5 Å². The largest absolute Gasteiger partial charge is 0.458 e. The van der Waals surface area contributed by atoms with Gasteiger partial charge in [0.1, 0.15) is 6.10 Å². The second-order valence-corrected chi connectivity index (χ2v) is 4.51. The van der Waals surface area contributed by atoms with Crippen LogP contribution >= 0.6 is 0 Å². The summed E-state index contributed by atoms with van der Waals surface area (Å²) in [7, 11) is 0. The van der Waals surface area contributed by atoms with Crippen LogP contribution in [0.1, 0.15) is 40.5 Å². The fourth-order valence-electron chi connectivity index (χ4n) is 1.86. The highest BCUT2D eigenvalue weighted by Crippen LogP contribution is 2.34. The highest BCUT2D eigenvalue weighted by molar-refractivity contribution is 5.66. The Bertz CT molecular complexity index is 238. The molecule has 13 heavy (non-hydrogen) atoms. The SMILES string of the molecule is CC(=O)OC1CCC(C)(C)C=C1C. The molecule has 0 aromatic heterocycles. The molecule has 1 aliphatic rings. The number of carbonyl (C=O) groups is 1. The van der Waals surface area contributed by atoms with Gasteiger partial charge in [0.2, 0.25) is 0 Å². The van der Waals surface area contributed by atoms with Gasteiger partial charge in [0, 0.05) is 6.92 Å². The second kappa shape index (κ2) is 3.52. The first-order valence-electron chi connectivity index (χ1n) is 4.77. The van der Waals surface area contributed by atoms with Crippen LogP contribution in [0.2, 0.25) is 0 Å². The molecule has 0 amide bonds. The van der Waals surface area contributed by atoms with Crippen molar-refractivity contribution in [2.24, 2.45) is 5.41 Å². The van der Waals surface area contributed by atoms with E-state index >= 15 is 0 Å². The van der Waals surface area contributed by atoms with E-state index in [0.717, 1.165) is 12.8 Å². The van der Waals surface area contributed by atoms with Gasteiger partial charge in [-0.05, 0) is 30.8 Å². The maximum atomic E-state index is 10.8. The van der Waals surface area contributed by atoms with Crippen molar-refractivity contribution in [3.63, 3.8) is 0 Å². The lowest BCUT2D eigenvalue weighted by molar-refractivity contribution is -0.145. The van der Waals surface area contributed by atoms with E-state index in [1.165, 1.54) is 12.5 Å². The molecule has 2 nitrogen and oxygen atoms in total. The molecule has 0 heterocycles. The van der Waals surface area contributed by atoms with Crippen molar-refractivity contribution in [2.75, 3.05) is 0 Å². The molecular formula is C11H18O2. The van der Waals surface area contributed by atoms with E-state index in [1.807, 2.05) is 6.92 Å². The summed E-state index contributed by atoms with van der Waals surface area (Å²) in [6.45, 7) is 7.92. The third-order valence-corrected chi connectivity index (χ3v) is 2.49. The number of ether oxygens (including phenoxy) is 1. The minimum absolute atomic E-state index is 0.0190. The minimum atomic E-state index is -0.183. The molecule has 1 aliphatic carbocycles. The van der Waals surface area contributed by atoms with Crippen LogP contribution in [0.3, 0.4) is 0 Å².